The van der Waals surface area contributed by atoms with Gasteiger partial charge in [-0.25, -0.2) is 4.39 Å². The number of alkyl halides is 1. The normalized spacial score (nSPS) is 13.0. The van der Waals surface area contributed by atoms with Crippen molar-refractivity contribution in [3.8, 4) is 0 Å². The molecule has 3 nitrogen and oxygen atoms in total. The summed E-state index contributed by atoms with van der Waals surface area (Å²) in [4.78, 5) is 13.7. The highest BCUT2D eigenvalue weighted by atomic mass is 35.5. The van der Waals surface area contributed by atoms with Crippen molar-refractivity contribution in [1.82, 2.24) is 0 Å². The Balaban J connectivity index is 2.22. The second kappa shape index (κ2) is 5.13. The molecular formula is C15H12ClFN2O. The number of rotatable bonds is 1. The van der Waals surface area contributed by atoms with Crippen molar-refractivity contribution in [3.05, 3.63) is 53.8 Å². The molecule has 1 N–H and O–H groups in total. The van der Waals surface area contributed by atoms with E-state index in [1.165, 1.54) is 17.0 Å². The van der Waals surface area contributed by atoms with Crippen LogP contribution in [-0.4, -0.2) is 11.8 Å². The second-order valence-corrected chi connectivity index (χ2v) is 4.77. The molecule has 1 aliphatic heterocycles. The first-order valence-corrected chi connectivity index (χ1v) is 6.74. The molecule has 0 spiro atoms. The molecule has 0 aliphatic carbocycles. The number of hydrogen-bond donors (Lipinski definition) is 1. The molecule has 20 heavy (non-hydrogen) atoms. The van der Waals surface area contributed by atoms with Crippen LogP contribution >= 0.6 is 11.6 Å². The van der Waals surface area contributed by atoms with E-state index in [0.29, 0.717) is 12.2 Å². The van der Waals surface area contributed by atoms with Crippen molar-refractivity contribution in [2.45, 2.75) is 6.54 Å². The van der Waals surface area contributed by atoms with Crippen LogP contribution in [0, 0.1) is 5.82 Å². The molecule has 1 amide bonds. The maximum Gasteiger partial charge on any atom is 0.246 e. The molecule has 3 rings (SSSR count). The van der Waals surface area contributed by atoms with Gasteiger partial charge in [0, 0.05) is 6.54 Å². The van der Waals surface area contributed by atoms with Crippen molar-refractivity contribution < 1.29 is 9.18 Å². The third-order valence-corrected chi connectivity index (χ3v) is 3.49. The van der Waals surface area contributed by atoms with Crippen LogP contribution in [0.2, 0.25) is 0 Å². The first kappa shape index (κ1) is 12.9. The standard InChI is InChI=1S/C15H12ClFN2O/c16-8-15(20)19-13-6-5-11(17)7-10(13)9-18-12-3-1-2-4-14(12)19/h1-7,18H,8-9H2. The van der Waals surface area contributed by atoms with Gasteiger partial charge in [0.2, 0.25) is 5.91 Å². The first-order chi connectivity index (χ1) is 9.70. The van der Waals surface area contributed by atoms with Gasteiger partial charge in [-0.3, -0.25) is 9.69 Å². The largest absolute Gasteiger partial charge is 0.379 e. The van der Waals surface area contributed by atoms with Crippen LogP contribution in [0.4, 0.5) is 21.5 Å². The van der Waals surface area contributed by atoms with Crippen LogP contribution in [0.1, 0.15) is 5.56 Å². The average molecular weight is 291 g/mol. The predicted octanol–water partition coefficient (Wildman–Crippen LogP) is 3.65. The summed E-state index contributed by atoms with van der Waals surface area (Å²) < 4.78 is 13.4. The minimum atomic E-state index is -0.324. The van der Waals surface area contributed by atoms with E-state index in [2.05, 4.69) is 5.32 Å². The summed E-state index contributed by atoms with van der Waals surface area (Å²) in [5.74, 6) is -0.698. The Bertz CT molecular complexity index is 675. The molecule has 0 aromatic heterocycles. The lowest BCUT2D eigenvalue weighted by Gasteiger charge is -2.23. The SMILES string of the molecule is O=C(CCl)N1c2ccc(F)cc2CNc2ccccc21. The van der Waals surface area contributed by atoms with Crippen molar-refractivity contribution in [2.75, 3.05) is 16.1 Å². The van der Waals surface area contributed by atoms with E-state index in [0.717, 1.165) is 16.9 Å². The lowest BCUT2D eigenvalue weighted by Crippen LogP contribution is -2.27. The zero-order valence-electron chi connectivity index (χ0n) is 10.6. The number of carbonyl (C=O) groups excluding carboxylic acids is 1. The Morgan fingerprint density at radius 2 is 2.05 bits per heavy atom. The molecule has 2 aromatic carbocycles. The van der Waals surface area contributed by atoms with E-state index in [1.807, 2.05) is 24.3 Å². The molecule has 0 radical (unpaired) electrons. The molecule has 2 aromatic rings. The third-order valence-electron chi connectivity index (χ3n) is 3.26. The highest BCUT2D eigenvalue weighted by molar-refractivity contribution is 6.30. The van der Waals surface area contributed by atoms with E-state index in [4.69, 9.17) is 11.6 Å². The van der Waals surface area contributed by atoms with Gasteiger partial charge in [0.15, 0.2) is 0 Å². The number of halogens is 2. The summed E-state index contributed by atoms with van der Waals surface area (Å²) in [7, 11) is 0. The molecule has 1 aliphatic rings. The summed E-state index contributed by atoms with van der Waals surface area (Å²) in [6.07, 6.45) is 0. The van der Waals surface area contributed by atoms with Gasteiger partial charge in [0.05, 0.1) is 17.1 Å². The number of benzene rings is 2. The van der Waals surface area contributed by atoms with E-state index in [9.17, 15) is 9.18 Å². The van der Waals surface area contributed by atoms with Gasteiger partial charge in [-0.2, -0.15) is 0 Å². The molecule has 0 bridgehead atoms. The Kier molecular flexibility index (Phi) is 3.32. The Morgan fingerprint density at radius 1 is 1.25 bits per heavy atom. The van der Waals surface area contributed by atoms with Crippen LogP contribution in [0.3, 0.4) is 0 Å². The maximum atomic E-state index is 13.4. The summed E-state index contributed by atoms with van der Waals surface area (Å²) in [5.41, 5.74) is 2.93. The molecule has 5 heteroatoms. The van der Waals surface area contributed by atoms with Crippen LogP contribution in [0.5, 0.6) is 0 Å². The average Bonchev–Trinajstić information content (AvgIpc) is 2.63. The van der Waals surface area contributed by atoms with Crippen LogP contribution in [0.25, 0.3) is 0 Å². The zero-order valence-corrected chi connectivity index (χ0v) is 11.3. The van der Waals surface area contributed by atoms with Gasteiger partial charge < -0.3 is 5.32 Å². The lowest BCUT2D eigenvalue weighted by molar-refractivity contribution is -0.115. The van der Waals surface area contributed by atoms with Gasteiger partial charge >= 0.3 is 0 Å². The summed E-state index contributed by atoms with van der Waals surface area (Å²) in [6, 6.07) is 11.8. The van der Waals surface area contributed by atoms with Crippen molar-refractivity contribution >= 4 is 34.6 Å². The van der Waals surface area contributed by atoms with Gasteiger partial charge in [-0.15, -0.1) is 11.6 Å². The van der Waals surface area contributed by atoms with Gasteiger partial charge in [-0.1, -0.05) is 12.1 Å². The molecular weight excluding hydrogens is 279 g/mol. The molecule has 102 valence electrons. The summed E-state index contributed by atoms with van der Waals surface area (Å²) in [5, 5.41) is 3.21. The first-order valence-electron chi connectivity index (χ1n) is 6.21. The van der Waals surface area contributed by atoms with Crippen LogP contribution in [-0.2, 0) is 11.3 Å². The maximum absolute atomic E-state index is 13.4. The Hall–Kier alpha value is -2.07. The fraction of sp³-hybridized carbons (Fsp3) is 0.133. The number of fused-ring (bicyclic) bond motifs is 2. The summed E-state index contributed by atoms with van der Waals surface area (Å²) in [6.45, 7) is 0.455. The predicted molar refractivity (Wildman–Crippen MR) is 78.0 cm³/mol. The van der Waals surface area contributed by atoms with Crippen LogP contribution < -0.4 is 10.2 Å². The number of nitrogens with one attached hydrogen (secondary N) is 1. The third kappa shape index (κ3) is 2.12. The van der Waals surface area contributed by atoms with Crippen molar-refractivity contribution in [1.29, 1.82) is 0 Å². The minimum absolute atomic E-state index is 0.134. The number of nitrogens with zero attached hydrogens (tertiary/aromatic N) is 1. The lowest BCUT2D eigenvalue weighted by atomic mass is 10.1. The Labute approximate surface area is 121 Å². The fourth-order valence-electron chi connectivity index (χ4n) is 2.38. The van der Waals surface area contributed by atoms with E-state index >= 15 is 0 Å². The zero-order chi connectivity index (χ0) is 14.1. The molecule has 1 heterocycles. The fourth-order valence-corrected chi connectivity index (χ4v) is 2.50. The number of carbonyl (C=O) groups is 1. The quantitative estimate of drug-likeness (QED) is 0.813. The number of anilines is 3. The summed E-state index contributed by atoms with van der Waals surface area (Å²) >= 11 is 5.72. The van der Waals surface area contributed by atoms with Gasteiger partial charge in [-0.05, 0) is 35.9 Å². The number of para-hydroxylation sites is 2. The highest BCUT2D eigenvalue weighted by Gasteiger charge is 2.25. The van der Waals surface area contributed by atoms with Crippen LogP contribution in [0.15, 0.2) is 42.5 Å². The number of hydrogen-bond acceptors (Lipinski definition) is 2. The molecule has 0 fully saturated rings. The van der Waals surface area contributed by atoms with Crippen molar-refractivity contribution in [3.63, 3.8) is 0 Å². The minimum Gasteiger partial charge on any atom is -0.379 e. The van der Waals surface area contributed by atoms with E-state index < -0.39 is 0 Å². The van der Waals surface area contributed by atoms with Crippen molar-refractivity contribution in [2.24, 2.45) is 0 Å². The van der Waals surface area contributed by atoms with Gasteiger partial charge in [0.25, 0.3) is 0 Å². The number of amides is 1. The smallest absolute Gasteiger partial charge is 0.246 e. The topological polar surface area (TPSA) is 32.3 Å². The second-order valence-electron chi connectivity index (χ2n) is 4.51. The molecule has 0 saturated carbocycles. The van der Waals surface area contributed by atoms with E-state index in [1.54, 1.807) is 6.07 Å². The monoisotopic (exact) mass is 290 g/mol. The molecule has 0 saturated heterocycles. The van der Waals surface area contributed by atoms with E-state index in [-0.39, 0.29) is 17.6 Å². The molecule has 0 unspecified atom stereocenters. The Morgan fingerprint density at radius 3 is 2.85 bits per heavy atom. The highest BCUT2D eigenvalue weighted by Crippen LogP contribution is 2.38. The van der Waals surface area contributed by atoms with Gasteiger partial charge in [0.1, 0.15) is 11.7 Å². The molecule has 0 atom stereocenters.